The van der Waals surface area contributed by atoms with E-state index in [-0.39, 0.29) is 24.6 Å². The number of benzene rings is 2. The van der Waals surface area contributed by atoms with Gasteiger partial charge in [0.25, 0.3) is 5.69 Å². The Balaban J connectivity index is 1.61. The van der Waals surface area contributed by atoms with Crippen molar-refractivity contribution in [1.29, 1.82) is 0 Å². The normalized spacial score (nSPS) is 10.8. The van der Waals surface area contributed by atoms with E-state index in [1.54, 1.807) is 30.1 Å². The third-order valence-corrected chi connectivity index (χ3v) is 5.13. The second kappa shape index (κ2) is 9.43. The lowest BCUT2D eigenvalue weighted by molar-refractivity contribution is -0.384. The lowest BCUT2D eigenvalue weighted by Crippen LogP contribution is -2.28. The predicted octanol–water partition coefficient (Wildman–Crippen LogP) is 3.59. The molecule has 0 aliphatic heterocycles. The molecule has 168 valence electrons. The smallest absolute Gasteiger partial charge is 0.269 e. The van der Waals surface area contributed by atoms with Crippen LogP contribution in [0.4, 0.5) is 5.69 Å². The first kappa shape index (κ1) is 21.9. The van der Waals surface area contributed by atoms with E-state index in [2.05, 4.69) is 15.2 Å². The second-order valence-corrected chi connectivity index (χ2v) is 7.47. The fourth-order valence-electron chi connectivity index (χ4n) is 3.32. The van der Waals surface area contributed by atoms with E-state index in [9.17, 15) is 14.9 Å². The van der Waals surface area contributed by atoms with Crippen LogP contribution in [0.25, 0.3) is 16.9 Å². The summed E-state index contributed by atoms with van der Waals surface area (Å²) in [6.45, 7) is 2.12. The number of non-ortho nitro benzene ring substituents is 1. The summed E-state index contributed by atoms with van der Waals surface area (Å²) in [5.74, 6) is 0.815. The summed E-state index contributed by atoms with van der Waals surface area (Å²) >= 11 is 0. The van der Waals surface area contributed by atoms with E-state index in [0.29, 0.717) is 35.0 Å². The molecular weight excluding hydrogens is 424 g/mol. The quantitative estimate of drug-likeness (QED) is 0.299. The molecule has 0 saturated heterocycles. The number of aryl methyl sites for hydroxylation is 1. The molecule has 2 aromatic heterocycles. The molecule has 0 saturated carbocycles. The molecule has 1 amide bonds. The number of para-hydroxylation sites is 1. The van der Waals surface area contributed by atoms with Gasteiger partial charge in [0, 0.05) is 42.9 Å². The van der Waals surface area contributed by atoms with Gasteiger partial charge in [0.15, 0.2) is 5.82 Å². The minimum absolute atomic E-state index is 0.00962. The summed E-state index contributed by atoms with van der Waals surface area (Å²) in [5.41, 5.74) is 2.80. The molecule has 10 nitrogen and oxygen atoms in total. The molecular formula is C23H22N6O4. The fourth-order valence-corrected chi connectivity index (χ4v) is 3.32. The molecule has 0 aliphatic rings. The van der Waals surface area contributed by atoms with Crippen molar-refractivity contribution in [3.05, 3.63) is 88.2 Å². The molecule has 33 heavy (non-hydrogen) atoms. The molecule has 2 heterocycles. The molecule has 0 aliphatic carbocycles. The molecule has 0 spiro atoms. The lowest BCUT2D eigenvalue weighted by atomic mass is 10.1. The van der Waals surface area contributed by atoms with Crippen molar-refractivity contribution in [3.63, 3.8) is 0 Å². The van der Waals surface area contributed by atoms with Crippen LogP contribution in [0.15, 0.2) is 65.3 Å². The monoisotopic (exact) mass is 446 g/mol. The average molecular weight is 446 g/mol. The molecule has 0 N–H and O–H groups in total. The van der Waals surface area contributed by atoms with Crippen molar-refractivity contribution in [2.24, 2.45) is 0 Å². The topological polar surface area (TPSA) is 120 Å². The van der Waals surface area contributed by atoms with Gasteiger partial charge in [-0.05, 0) is 24.3 Å². The van der Waals surface area contributed by atoms with E-state index in [0.717, 1.165) is 5.69 Å². The van der Waals surface area contributed by atoms with Crippen LogP contribution in [0, 0.1) is 10.1 Å². The van der Waals surface area contributed by atoms with Gasteiger partial charge in [-0.2, -0.15) is 10.1 Å². The Bertz CT molecular complexity index is 1260. The number of hydrogen-bond donors (Lipinski definition) is 0. The summed E-state index contributed by atoms with van der Waals surface area (Å²) in [5, 5.41) is 19.5. The van der Waals surface area contributed by atoms with Crippen LogP contribution >= 0.6 is 0 Å². The highest BCUT2D eigenvalue weighted by Gasteiger charge is 2.20. The standard InChI is InChI=1S/C23H22N6O4/c1-3-20-24-21(33-26-20)15-27(2)22(30)13-17-14-28(18-7-5-4-6-8-18)25-23(17)16-9-11-19(12-10-16)29(31)32/h4-12,14H,3,13,15H2,1-2H3. The number of aromatic nitrogens is 4. The van der Waals surface area contributed by atoms with E-state index in [1.165, 1.54) is 17.0 Å². The predicted molar refractivity (Wildman–Crippen MR) is 120 cm³/mol. The van der Waals surface area contributed by atoms with Crippen molar-refractivity contribution in [2.75, 3.05) is 7.05 Å². The summed E-state index contributed by atoms with van der Waals surface area (Å²) in [7, 11) is 1.67. The molecule has 0 unspecified atom stereocenters. The van der Waals surface area contributed by atoms with Crippen molar-refractivity contribution >= 4 is 11.6 Å². The van der Waals surface area contributed by atoms with Crippen LogP contribution in [0.5, 0.6) is 0 Å². The lowest BCUT2D eigenvalue weighted by Gasteiger charge is -2.14. The summed E-state index contributed by atoms with van der Waals surface area (Å²) in [6.07, 6.45) is 2.54. The maximum atomic E-state index is 13.0. The van der Waals surface area contributed by atoms with E-state index in [1.807, 2.05) is 37.3 Å². The minimum atomic E-state index is -0.451. The Morgan fingerprint density at radius 1 is 1.15 bits per heavy atom. The Hall–Kier alpha value is -4.34. The van der Waals surface area contributed by atoms with E-state index >= 15 is 0 Å². The first-order chi connectivity index (χ1) is 15.9. The number of nitrogens with zero attached hydrogens (tertiary/aromatic N) is 6. The van der Waals surface area contributed by atoms with Gasteiger partial charge in [0.05, 0.1) is 29.3 Å². The molecule has 4 rings (SSSR count). The third-order valence-electron chi connectivity index (χ3n) is 5.13. The number of nitro groups is 1. The molecule has 10 heteroatoms. The van der Waals surface area contributed by atoms with Gasteiger partial charge in [-0.3, -0.25) is 14.9 Å². The SMILES string of the molecule is CCc1noc(CN(C)C(=O)Cc2cn(-c3ccccc3)nc2-c2ccc([N+](=O)[O-])cc2)n1. The minimum Gasteiger partial charge on any atom is -0.337 e. The molecule has 0 atom stereocenters. The van der Waals surface area contributed by atoms with Crippen LogP contribution < -0.4 is 0 Å². The Morgan fingerprint density at radius 3 is 2.52 bits per heavy atom. The zero-order valence-electron chi connectivity index (χ0n) is 18.2. The van der Waals surface area contributed by atoms with E-state index < -0.39 is 4.92 Å². The van der Waals surface area contributed by atoms with Crippen LogP contribution in [-0.2, 0) is 24.2 Å². The zero-order chi connectivity index (χ0) is 23.4. The molecule has 0 bridgehead atoms. The summed E-state index contributed by atoms with van der Waals surface area (Å²) in [4.78, 5) is 29.3. The largest absolute Gasteiger partial charge is 0.337 e. The summed E-state index contributed by atoms with van der Waals surface area (Å²) < 4.78 is 6.88. The highest BCUT2D eigenvalue weighted by atomic mass is 16.6. The summed E-state index contributed by atoms with van der Waals surface area (Å²) in [6, 6.07) is 15.6. The van der Waals surface area contributed by atoms with Crippen LogP contribution in [0.3, 0.4) is 0 Å². The number of hydrogen-bond acceptors (Lipinski definition) is 7. The molecule has 0 radical (unpaired) electrons. The van der Waals surface area contributed by atoms with Crippen molar-refractivity contribution in [1.82, 2.24) is 24.8 Å². The number of rotatable bonds is 8. The Morgan fingerprint density at radius 2 is 1.88 bits per heavy atom. The fraction of sp³-hybridized carbons (Fsp3) is 0.217. The Kier molecular flexibility index (Phi) is 6.25. The van der Waals surface area contributed by atoms with Gasteiger partial charge in [-0.15, -0.1) is 0 Å². The van der Waals surface area contributed by atoms with Crippen molar-refractivity contribution < 1.29 is 14.2 Å². The van der Waals surface area contributed by atoms with Crippen molar-refractivity contribution in [2.45, 2.75) is 26.3 Å². The van der Waals surface area contributed by atoms with Gasteiger partial charge < -0.3 is 9.42 Å². The number of amides is 1. The maximum Gasteiger partial charge on any atom is 0.269 e. The molecule has 2 aromatic carbocycles. The first-order valence-electron chi connectivity index (χ1n) is 10.4. The second-order valence-electron chi connectivity index (χ2n) is 7.47. The highest BCUT2D eigenvalue weighted by Crippen LogP contribution is 2.26. The number of nitro benzene ring substituents is 1. The average Bonchev–Trinajstić information content (AvgIpc) is 3.46. The highest BCUT2D eigenvalue weighted by molar-refractivity contribution is 5.81. The molecule has 4 aromatic rings. The van der Waals surface area contributed by atoms with Crippen molar-refractivity contribution in [3.8, 4) is 16.9 Å². The zero-order valence-corrected chi connectivity index (χ0v) is 18.2. The first-order valence-corrected chi connectivity index (χ1v) is 10.4. The van der Waals surface area contributed by atoms with Crippen LogP contribution in [0.2, 0.25) is 0 Å². The van der Waals surface area contributed by atoms with Crippen LogP contribution in [-0.4, -0.2) is 42.7 Å². The van der Waals surface area contributed by atoms with Gasteiger partial charge >= 0.3 is 0 Å². The van der Waals surface area contributed by atoms with Gasteiger partial charge in [0.2, 0.25) is 11.8 Å². The number of likely N-dealkylation sites (N-methyl/N-ethyl adjacent to an activating group) is 1. The van der Waals surface area contributed by atoms with E-state index in [4.69, 9.17) is 4.52 Å². The van der Waals surface area contributed by atoms with Gasteiger partial charge in [-0.25, -0.2) is 4.68 Å². The van der Waals surface area contributed by atoms with Gasteiger partial charge in [-0.1, -0.05) is 30.3 Å². The van der Waals surface area contributed by atoms with Gasteiger partial charge in [0.1, 0.15) is 0 Å². The molecule has 0 fully saturated rings. The van der Waals surface area contributed by atoms with Crippen LogP contribution in [0.1, 0.15) is 24.2 Å². The third kappa shape index (κ3) is 4.95. The number of carbonyl (C=O) groups is 1. The Labute approximate surface area is 189 Å². The number of carbonyl (C=O) groups excluding carboxylic acids is 1. The maximum absolute atomic E-state index is 13.0.